The number of likely N-dealkylation sites (N-methyl/N-ethyl adjacent to an activating group) is 1. The molecule has 0 aliphatic rings. The fourth-order valence-corrected chi connectivity index (χ4v) is 3.00. The summed E-state index contributed by atoms with van der Waals surface area (Å²) in [7, 11) is -1.27. The van der Waals surface area contributed by atoms with Gasteiger partial charge in [0.25, 0.3) is 0 Å². The lowest BCUT2D eigenvalue weighted by atomic mass is 10.2. The predicted octanol–water partition coefficient (Wildman–Crippen LogP) is 1.42. The van der Waals surface area contributed by atoms with Gasteiger partial charge in [0.2, 0.25) is 0 Å². The summed E-state index contributed by atoms with van der Waals surface area (Å²) in [5.74, 6) is 0.915. The third-order valence-corrected chi connectivity index (χ3v) is 5.50. The summed E-state index contributed by atoms with van der Waals surface area (Å²) >= 11 is 0. The van der Waals surface area contributed by atoms with Crippen LogP contribution in [0.2, 0.25) is 0 Å². The van der Waals surface area contributed by atoms with Gasteiger partial charge in [-0.3, -0.25) is 4.99 Å². The Morgan fingerprint density at radius 3 is 2.50 bits per heavy atom. The van der Waals surface area contributed by atoms with Gasteiger partial charge in [0, 0.05) is 44.7 Å². The Morgan fingerprint density at radius 2 is 1.92 bits per heavy atom. The monoisotopic (exact) mass is 354 g/mol. The zero-order valence-electron chi connectivity index (χ0n) is 15.2. The van der Waals surface area contributed by atoms with Crippen LogP contribution < -0.4 is 15.5 Å². The second-order valence-corrected chi connectivity index (χ2v) is 8.05. The van der Waals surface area contributed by atoms with Gasteiger partial charge in [-0.25, -0.2) is 8.42 Å². The van der Waals surface area contributed by atoms with Crippen molar-refractivity contribution < 1.29 is 8.42 Å². The van der Waals surface area contributed by atoms with E-state index in [4.69, 9.17) is 0 Å². The van der Waals surface area contributed by atoms with Crippen molar-refractivity contribution >= 4 is 21.5 Å². The van der Waals surface area contributed by atoms with E-state index < -0.39 is 9.84 Å². The van der Waals surface area contributed by atoms with E-state index in [1.165, 1.54) is 11.3 Å². The molecule has 0 saturated heterocycles. The first-order chi connectivity index (χ1) is 11.4. The highest BCUT2D eigenvalue weighted by Crippen LogP contribution is 2.14. The van der Waals surface area contributed by atoms with E-state index >= 15 is 0 Å². The maximum absolute atomic E-state index is 11.5. The van der Waals surface area contributed by atoms with Crippen LogP contribution in [0.1, 0.15) is 19.4 Å². The van der Waals surface area contributed by atoms with Crippen LogP contribution in [0.3, 0.4) is 0 Å². The molecule has 0 spiro atoms. The van der Waals surface area contributed by atoms with Gasteiger partial charge in [0.15, 0.2) is 15.8 Å². The lowest BCUT2D eigenvalue weighted by molar-refractivity contribution is 0.595. The molecule has 2 N–H and O–H groups in total. The van der Waals surface area contributed by atoms with E-state index in [-0.39, 0.29) is 11.5 Å². The average Bonchev–Trinajstić information content (AvgIpc) is 2.57. The average molecular weight is 355 g/mol. The van der Waals surface area contributed by atoms with Crippen LogP contribution in [0.25, 0.3) is 0 Å². The molecule has 0 aliphatic carbocycles. The fraction of sp³-hybridized carbons (Fsp3) is 0.588. The largest absolute Gasteiger partial charge is 0.370 e. The Morgan fingerprint density at radius 1 is 1.21 bits per heavy atom. The van der Waals surface area contributed by atoms with Gasteiger partial charge in [-0.1, -0.05) is 19.1 Å². The number of anilines is 1. The third kappa shape index (κ3) is 7.21. The number of guanidine groups is 1. The molecule has 136 valence electrons. The van der Waals surface area contributed by atoms with E-state index in [2.05, 4.69) is 58.6 Å². The summed E-state index contributed by atoms with van der Waals surface area (Å²) in [5, 5.41) is 6.27. The van der Waals surface area contributed by atoms with E-state index in [0.717, 1.165) is 19.6 Å². The molecule has 0 unspecified atom stereocenters. The van der Waals surface area contributed by atoms with Crippen molar-refractivity contribution in [1.29, 1.82) is 0 Å². The number of nitrogens with one attached hydrogen (secondary N) is 2. The molecule has 0 bridgehead atoms. The van der Waals surface area contributed by atoms with Crippen molar-refractivity contribution in [2.45, 2.75) is 20.8 Å². The summed E-state index contributed by atoms with van der Waals surface area (Å²) < 4.78 is 23.0. The molecule has 0 aromatic heterocycles. The van der Waals surface area contributed by atoms with Crippen molar-refractivity contribution in [2.75, 3.05) is 49.6 Å². The van der Waals surface area contributed by atoms with Crippen molar-refractivity contribution in [3.05, 3.63) is 29.8 Å². The summed E-state index contributed by atoms with van der Waals surface area (Å²) in [5.41, 5.74) is 2.45. The molecule has 0 atom stereocenters. The van der Waals surface area contributed by atoms with Gasteiger partial charge >= 0.3 is 0 Å². The van der Waals surface area contributed by atoms with Crippen molar-refractivity contribution in [3.8, 4) is 0 Å². The Labute approximate surface area is 146 Å². The molecule has 0 heterocycles. The second kappa shape index (κ2) is 10.2. The summed E-state index contributed by atoms with van der Waals surface area (Å²) in [4.78, 5) is 6.41. The van der Waals surface area contributed by atoms with Gasteiger partial charge in [-0.15, -0.1) is 0 Å². The number of aryl methyl sites for hydroxylation is 1. The number of sulfone groups is 1. The first kappa shape index (κ1) is 20.3. The number of hydrogen-bond acceptors (Lipinski definition) is 4. The highest BCUT2D eigenvalue weighted by Gasteiger charge is 2.08. The normalized spacial score (nSPS) is 12.1. The topological polar surface area (TPSA) is 73.8 Å². The van der Waals surface area contributed by atoms with E-state index in [9.17, 15) is 8.42 Å². The molecule has 7 heteroatoms. The molecule has 24 heavy (non-hydrogen) atoms. The lowest BCUT2D eigenvalue weighted by Crippen LogP contribution is -2.43. The van der Waals surface area contributed by atoms with Crippen LogP contribution in [-0.2, 0) is 9.84 Å². The Hall–Kier alpha value is -1.76. The first-order valence-corrected chi connectivity index (χ1v) is 10.2. The maximum Gasteiger partial charge on any atom is 0.191 e. The fourth-order valence-electron chi connectivity index (χ4n) is 2.29. The van der Waals surface area contributed by atoms with Crippen LogP contribution in [0, 0.1) is 6.92 Å². The highest BCUT2D eigenvalue weighted by molar-refractivity contribution is 7.91. The molecule has 0 amide bonds. The van der Waals surface area contributed by atoms with Crippen molar-refractivity contribution in [1.82, 2.24) is 10.6 Å². The molecule has 6 nitrogen and oxygen atoms in total. The van der Waals surface area contributed by atoms with Crippen molar-refractivity contribution in [3.63, 3.8) is 0 Å². The number of rotatable bonds is 9. The van der Waals surface area contributed by atoms with Gasteiger partial charge in [-0.05, 0) is 31.5 Å². The maximum atomic E-state index is 11.5. The molecule has 1 aromatic rings. The summed E-state index contributed by atoms with van der Waals surface area (Å²) in [6.45, 7) is 8.73. The van der Waals surface area contributed by atoms with E-state index in [0.29, 0.717) is 12.5 Å². The van der Waals surface area contributed by atoms with Crippen LogP contribution in [-0.4, -0.2) is 59.1 Å². The minimum Gasteiger partial charge on any atom is -0.370 e. The molecular formula is C17H30N4O2S. The standard InChI is InChI=1S/C17H30N4O2S/c1-5-21(16-9-7-8-15(3)14-16)12-10-19-17(18-4)20-11-13-24(22,23)6-2/h7-9,14H,5-6,10-13H2,1-4H3,(H2,18,19,20). The quantitative estimate of drug-likeness (QED) is 0.518. The molecule has 1 rings (SSSR count). The van der Waals surface area contributed by atoms with Gasteiger partial charge in [0.05, 0.1) is 5.75 Å². The zero-order chi connectivity index (χ0) is 18.0. The lowest BCUT2D eigenvalue weighted by Gasteiger charge is -2.24. The Kier molecular flexibility index (Phi) is 8.60. The van der Waals surface area contributed by atoms with Gasteiger partial charge in [-0.2, -0.15) is 0 Å². The molecule has 0 saturated carbocycles. The molecule has 0 aliphatic heterocycles. The SMILES string of the molecule is CCN(CCNC(=NC)NCCS(=O)(=O)CC)c1cccc(C)c1. The molecule has 0 radical (unpaired) electrons. The third-order valence-electron chi connectivity index (χ3n) is 3.79. The van der Waals surface area contributed by atoms with Crippen molar-refractivity contribution in [2.24, 2.45) is 4.99 Å². The number of aliphatic imine (C=N–C) groups is 1. The molecule has 1 aromatic carbocycles. The van der Waals surface area contributed by atoms with Crippen LogP contribution in [0.5, 0.6) is 0 Å². The summed E-state index contributed by atoms with van der Waals surface area (Å²) in [6.07, 6.45) is 0. The van der Waals surface area contributed by atoms with Crippen LogP contribution >= 0.6 is 0 Å². The minimum absolute atomic E-state index is 0.120. The van der Waals surface area contributed by atoms with Gasteiger partial charge < -0.3 is 15.5 Å². The van der Waals surface area contributed by atoms with E-state index in [1.54, 1.807) is 14.0 Å². The Bertz CT molecular complexity index is 629. The van der Waals surface area contributed by atoms with E-state index in [1.807, 2.05) is 0 Å². The first-order valence-electron chi connectivity index (χ1n) is 8.38. The smallest absolute Gasteiger partial charge is 0.191 e. The highest BCUT2D eigenvalue weighted by atomic mass is 32.2. The Balaban J connectivity index is 2.43. The van der Waals surface area contributed by atoms with Gasteiger partial charge in [0.1, 0.15) is 0 Å². The minimum atomic E-state index is -2.95. The second-order valence-electron chi connectivity index (χ2n) is 5.58. The molecular weight excluding hydrogens is 324 g/mol. The zero-order valence-corrected chi connectivity index (χ0v) is 16.0. The summed E-state index contributed by atoms with van der Waals surface area (Å²) in [6, 6.07) is 8.44. The predicted molar refractivity (Wildman–Crippen MR) is 103 cm³/mol. The number of nitrogens with zero attached hydrogens (tertiary/aromatic N) is 2. The molecule has 0 fully saturated rings. The number of benzene rings is 1. The van der Waals surface area contributed by atoms with Crippen LogP contribution in [0.15, 0.2) is 29.3 Å². The number of hydrogen-bond donors (Lipinski definition) is 2. The van der Waals surface area contributed by atoms with Crippen LogP contribution in [0.4, 0.5) is 5.69 Å².